The largest absolute Gasteiger partial charge is 0.383 e. The number of hydrogen-bond acceptors (Lipinski definition) is 10. The van der Waals surface area contributed by atoms with E-state index in [0.717, 1.165) is 38.2 Å². The van der Waals surface area contributed by atoms with Gasteiger partial charge in [0.25, 0.3) is 5.91 Å². The van der Waals surface area contributed by atoms with Crippen LogP contribution in [0.25, 0.3) is 28.2 Å². The molecular formula is C29H27N11O. The molecule has 5 aromatic rings. The third-order valence-corrected chi connectivity index (χ3v) is 7.13. The highest BCUT2D eigenvalue weighted by molar-refractivity contribution is 5.93. The number of nitriles is 1. The fourth-order valence-electron chi connectivity index (χ4n) is 5.07. The maximum atomic E-state index is 11.9. The molecule has 1 aliphatic heterocycles. The first-order valence-electron chi connectivity index (χ1n) is 13.2. The van der Waals surface area contributed by atoms with E-state index in [9.17, 15) is 4.79 Å². The molecule has 0 atom stereocenters. The molecule has 12 heteroatoms. The lowest BCUT2D eigenvalue weighted by atomic mass is 10.0. The van der Waals surface area contributed by atoms with Crippen LogP contribution in [0.2, 0.25) is 0 Å². The highest BCUT2D eigenvalue weighted by Gasteiger charge is 2.21. The van der Waals surface area contributed by atoms with Gasteiger partial charge in [-0.1, -0.05) is 12.1 Å². The third kappa shape index (κ3) is 5.39. The van der Waals surface area contributed by atoms with Gasteiger partial charge in [-0.15, -0.1) is 0 Å². The minimum absolute atomic E-state index is 0.157. The van der Waals surface area contributed by atoms with E-state index >= 15 is 0 Å². The van der Waals surface area contributed by atoms with Crippen LogP contribution in [0, 0.1) is 11.3 Å². The number of primary amides is 1. The number of hydrogen-bond donors (Lipinski definition) is 3. The molecule has 1 fully saturated rings. The summed E-state index contributed by atoms with van der Waals surface area (Å²) in [6.45, 7) is 2.69. The summed E-state index contributed by atoms with van der Waals surface area (Å²) in [5.74, 6) is 1.16. The topological polar surface area (TPSA) is 178 Å². The van der Waals surface area contributed by atoms with Crippen molar-refractivity contribution in [2.45, 2.75) is 25.4 Å². The number of benzene rings is 1. The van der Waals surface area contributed by atoms with Gasteiger partial charge in [-0.25, -0.2) is 24.9 Å². The number of pyridine rings is 2. The molecule has 0 spiro atoms. The molecular weight excluding hydrogens is 518 g/mol. The number of rotatable bonds is 7. The van der Waals surface area contributed by atoms with E-state index in [0.29, 0.717) is 40.2 Å². The van der Waals surface area contributed by atoms with E-state index in [1.54, 1.807) is 36.7 Å². The number of nitrogens with two attached hydrogens (primary N) is 2. The molecule has 0 unspecified atom stereocenters. The molecule has 0 aliphatic carbocycles. The van der Waals surface area contributed by atoms with Gasteiger partial charge < -0.3 is 16.8 Å². The van der Waals surface area contributed by atoms with Crippen molar-refractivity contribution in [3.8, 4) is 23.1 Å². The lowest BCUT2D eigenvalue weighted by Gasteiger charge is -2.32. The number of amides is 1. The number of carbonyl (C=O) groups is 1. The van der Waals surface area contributed by atoms with Crippen LogP contribution < -0.4 is 16.8 Å². The van der Waals surface area contributed by atoms with Crippen LogP contribution >= 0.6 is 0 Å². The van der Waals surface area contributed by atoms with Gasteiger partial charge in [0, 0.05) is 43.8 Å². The number of likely N-dealkylation sites (tertiary alicyclic amines) is 1. The monoisotopic (exact) mass is 545 g/mol. The van der Waals surface area contributed by atoms with Crippen molar-refractivity contribution in [2.24, 2.45) is 5.73 Å². The van der Waals surface area contributed by atoms with E-state index in [4.69, 9.17) is 21.7 Å². The molecule has 0 bridgehead atoms. The van der Waals surface area contributed by atoms with Gasteiger partial charge in [-0.3, -0.25) is 14.3 Å². The second kappa shape index (κ2) is 11.0. The smallest absolute Gasteiger partial charge is 0.267 e. The van der Waals surface area contributed by atoms with E-state index in [-0.39, 0.29) is 11.5 Å². The average molecular weight is 546 g/mol. The Morgan fingerprint density at radius 2 is 1.80 bits per heavy atom. The number of aromatic nitrogens is 6. The van der Waals surface area contributed by atoms with Crippen LogP contribution in [-0.4, -0.2) is 59.4 Å². The summed E-state index contributed by atoms with van der Waals surface area (Å²) in [4.78, 5) is 36.0. The molecule has 1 saturated heterocycles. The first-order valence-corrected chi connectivity index (χ1v) is 13.2. The second-order valence-corrected chi connectivity index (χ2v) is 9.85. The third-order valence-electron chi connectivity index (χ3n) is 7.13. The molecule has 12 nitrogen and oxygen atoms in total. The average Bonchev–Trinajstić information content (AvgIpc) is 3.37. The van der Waals surface area contributed by atoms with E-state index in [1.807, 2.05) is 28.8 Å². The SMILES string of the molecule is N#Cc1nccc(NC2CCN(Cc3ccc(-n4c(-c5cccnc5N)nc5ccc(C(N)=O)nc54)cc3)CC2)n1. The summed E-state index contributed by atoms with van der Waals surface area (Å²) >= 11 is 0. The molecule has 4 aromatic heterocycles. The summed E-state index contributed by atoms with van der Waals surface area (Å²) in [5, 5.41) is 12.5. The normalized spacial score (nSPS) is 14.1. The Kier molecular flexibility index (Phi) is 6.93. The minimum atomic E-state index is -0.611. The van der Waals surface area contributed by atoms with Crippen LogP contribution in [0.15, 0.2) is 67.0 Å². The standard InChI is InChI=1S/C29H27N11O/c30-16-25-33-13-9-24(38-25)35-19-10-14-39(15-11-19)17-18-3-5-20(6-4-18)40-28(21-2-1-12-34-26(21)31)37-23-8-7-22(27(32)41)36-29(23)40/h1-9,12-13,19H,10-11,14-15,17H2,(H2,31,34)(H2,32,41)(H,33,35,38). The van der Waals surface area contributed by atoms with Gasteiger partial charge in [-0.2, -0.15) is 5.26 Å². The Balaban J connectivity index is 1.21. The Hall–Kier alpha value is -5.41. The molecule has 204 valence electrons. The number of nitrogen functional groups attached to an aromatic ring is 1. The van der Waals surface area contributed by atoms with Crippen molar-refractivity contribution in [1.29, 1.82) is 5.26 Å². The van der Waals surface area contributed by atoms with E-state index < -0.39 is 5.91 Å². The van der Waals surface area contributed by atoms with Crippen molar-refractivity contribution in [2.75, 3.05) is 24.1 Å². The Bertz CT molecular complexity index is 1770. The highest BCUT2D eigenvalue weighted by atomic mass is 16.1. The summed E-state index contributed by atoms with van der Waals surface area (Å²) in [6.07, 6.45) is 5.16. The molecule has 1 aliphatic rings. The zero-order valence-electron chi connectivity index (χ0n) is 22.1. The van der Waals surface area contributed by atoms with E-state index in [1.165, 1.54) is 5.56 Å². The van der Waals surface area contributed by atoms with Gasteiger partial charge in [0.15, 0.2) is 11.5 Å². The van der Waals surface area contributed by atoms with Crippen molar-refractivity contribution >= 4 is 28.7 Å². The van der Waals surface area contributed by atoms with Crippen LogP contribution in [-0.2, 0) is 6.54 Å². The van der Waals surface area contributed by atoms with Crippen LogP contribution in [0.4, 0.5) is 11.6 Å². The molecule has 41 heavy (non-hydrogen) atoms. The predicted octanol–water partition coefficient (Wildman–Crippen LogP) is 2.90. The highest BCUT2D eigenvalue weighted by Crippen LogP contribution is 2.30. The maximum Gasteiger partial charge on any atom is 0.267 e. The van der Waals surface area contributed by atoms with Crippen LogP contribution in [0.5, 0.6) is 0 Å². The van der Waals surface area contributed by atoms with Crippen molar-refractivity contribution < 1.29 is 4.79 Å². The molecule has 6 rings (SSSR count). The van der Waals surface area contributed by atoms with Crippen molar-refractivity contribution in [3.05, 3.63) is 84.1 Å². The van der Waals surface area contributed by atoms with Gasteiger partial charge in [0.05, 0.1) is 5.56 Å². The van der Waals surface area contributed by atoms with Crippen molar-refractivity contribution in [1.82, 2.24) is 34.4 Å². The fraction of sp³-hybridized carbons (Fsp3) is 0.207. The number of nitrogens with one attached hydrogen (secondary N) is 1. The quantitative estimate of drug-likeness (QED) is 0.275. The maximum absolute atomic E-state index is 11.9. The number of carbonyl (C=O) groups excluding carboxylic acids is 1. The summed E-state index contributed by atoms with van der Waals surface area (Å²) < 4.78 is 1.88. The summed E-state index contributed by atoms with van der Waals surface area (Å²) in [5.41, 5.74) is 15.7. The van der Waals surface area contributed by atoms with Crippen LogP contribution in [0.3, 0.4) is 0 Å². The number of imidazole rings is 1. The van der Waals surface area contributed by atoms with Gasteiger partial charge in [-0.05, 0) is 60.9 Å². The summed E-state index contributed by atoms with van der Waals surface area (Å²) in [6, 6.07) is 19.2. The lowest BCUT2D eigenvalue weighted by molar-refractivity contribution is 0.0996. The number of fused-ring (bicyclic) bond motifs is 1. The van der Waals surface area contributed by atoms with Crippen molar-refractivity contribution in [3.63, 3.8) is 0 Å². The van der Waals surface area contributed by atoms with Gasteiger partial charge in [0.2, 0.25) is 5.82 Å². The first kappa shape index (κ1) is 25.8. The fourth-order valence-corrected chi connectivity index (χ4v) is 5.07. The first-order chi connectivity index (χ1) is 20.0. The molecule has 5 N–H and O–H groups in total. The zero-order valence-corrected chi connectivity index (χ0v) is 22.1. The molecule has 0 radical (unpaired) electrons. The van der Waals surface area contributed by atoms with Gasteiger partial charge in [0.1, 0.15) is 28.9 Å². The predicted molar refractivity (Wildman–Crippen MR) is 154 cm³/mol. The molecule has 1 aromatic carbocycles. The summed E-state index contributed by atoms with van der Waals surface area (Å²) in [7, 11) is 0. The van der Waals surface area contributed by atoms with Crippen LogP contribution in [0.1, 0.15) is 34.7 Å². The number of piperidine rings is 1. The molecule has 1 amide bonds. The Morgan fingerprint density at radius 3 is 2.54 bits per heavy atom. The molecule has 0 saturated carbocycles. The lowest BCUT2D eigenvalue weighted by Crippen LogP contribution is -2.38. The van der Waals surface area contributed by atoms with Gasteiger partial charge >= 0.3 is 0 Å². The minimum Gasteiger partial charge on any atom is -0.383 e. The molecule has 5 heterocycles. The Labute approximate surface area is 235 Å². The second-order valence-electron chi connectivity index (χ2n) is 9.85. The number of anilines is 2. The Morgan fingerprint density at radius 1 is 1.00 bits per heavy atom. The number of nitrogens with zero attached hydrogens (tertiary/aromatic N) is 8. The van der Waals surface area contributed by atoms with E-state index in [2.05, 4.69) is 42.3 Å². The zero-order chi connectivity index (χ0) is 28.3.